The zero-order valence-electron chi connectivity index (χ0n) is 84.3. The van der Waals surface area contributed by atoms with Gasteiger partial charge in [0.05, 0.1) is 101 Å². The maximum atomic E-state index is 14.6. The van der Waals surface area contributed by atoms with Crippen molar-refractivity contribution >= 4 is 47.4 Å². The lowest BCUT2D eigenvalue weighted by molar-refractivity contribution is -0.405. The van der Waals surface area contributed by atoms with Gasteiger partial charge in [0.2, 0.25) is 29.5 Å². The van der Waals surface area contributed by atoms with Gasteiger partial charge in [-0.25, -0.2) is 14.4 Å². The van der Waals surface area contributed by atoms with Crippen LogP contribution in [0.15, 0.2) is 12.2 Å². The van der Waals surface area contributed by atoms with E-state index in [2.05, 4.69) is 40.4 Å². The third-order valence-corrected chi connectivity index (χ3v) is 27.6. The topological polar surface area (TPSA) is 832 Å². The Balaban J connectivity index is 1.26. The van der Waals surface area contributed by atoms with Crippen molar-refractivity contribution in [2.24, 2.45) is 0 Å². The molecular weight excluding hydrogens is 1960 g/mol. The number of carboxylic acid groups (broad SMARTS) is 3. The van der Waals surface area contributed by atoms with E-state index in [0.29, 0.717) is 12.8 Å². The summed E-state index contributed by atoms with van der Waals surface area (Å²) in [5.41, 5.74) is 0. The number of carbonyl (C=O) groups is 8. The average Bonchev–Trinajstić information content (AvgIpc) is 0.742. The lowest BCUT2D eigenvalue weighted by Crippen LogP contribution is -2.73. The van der Waals surface area contributed by atoms with Gasteiger partial charge in [0.1, 0.15) is 153 Å². The maximum Gasteiger partial charge on any atom is 0.364 e. The normalized spacial score (nSPS) is 35.5. The molecule has 852 valence electrons. The second-order valence-electron chi connectivity index (χ2n) is 39.2. The monoisotopic (exact) mass is 2130 g/mol. The fourth-order valence-corrected chi connectivity index (χ4v) is 19.5. The van der Waals surface area contributed by atoms with E-state index in [0.717, 1.165) is 111 Å². The van der Waals surface area contributed by atoms with Gasteiger partial charge in [-0.05, 0) is 19.3 Å². The van der Waals surface area contributed by atoms with Crippen molar-refractivity contribution in [2.75, 3.05) is 52.9 Å². The molecule has 7 aliphatic rings. The van der Waals surface area contributed by atoms with Crippen LogP contribution in [0.1, 0.15) is 241 Å². The first kappa shape index (κ1) is 128. The molecule has 147 heavy (non-hydrogen) atoms. The number of aliphatic carboxylic acids is 3. The highest BCUT2D eigenvalue weighted by Gasteiger charge is 2.66. The molecule has 40 atom stereocenters. The lowest BCUT2D eigenvalue weighted by Gasteiger charge is -2.53. The first-order chi connectivity index (χ1) is 69.9. The number of carbonyl (C=O) groups excluding carboxylic acids is 5. The molecule has 7 rings (SSSR count). The molecule has 7 heterocycles. The van der Waals surface area contributed by atoms with Crippen molar-refractivity contribution in [2.45, 2.75) is 484 Å². The summed E-state index contributed by atoms with van der Waals surface area (Å²) in [7, 11) is 0. The number of allylic oxidation sites excluding steroid dienone is 1. The van der Waals surface area contributed by atoms with Gasteiger partial charge >= 0.3 is 17.9 Å². The van der Waals surface area contributed by atoms with E-state index in [4.69, 9.17) is 66.3 Å². The Labute approximate surface area is 852 Å². The van der Waals surface area contributed by atoms with Gasteiger partial charge < -0.3 is 221 Å². The highest BCUT2D eigenvalue weighted by molar-refractivity contribution is 5.79. The molecule has 7 fully saturated rings. The van der Waals surface area contributed by atoms with E-state index in [-0.39, 0.29) is 6.42 Å². The number of amides is 5. The SMILES string of the molecule is CCCCCCCCCCCCC/C=C/C(O)C(COC1OC(CO)C(OC2OC(CO)C(OC3OC(CO)C(O)C(OC4OC(CO)C(O)C(OC5(C(=O)O)CC(O)C(NC(C)=O)C(C(O)C(O)CO)O5)C4O)C3NC(C)=O)C(OC3(C(=O)O)CC(O)C(NC(C)=O)C(C(O)C(CO)OC4(C(=O)O)CC(O)C(NC(C)=O)C(C(O)C(O)CO)O4)O3)C2O)C(O)C1O)NC(=O)CCCCCCCCCCCCCCCCC. The Morgan fingerprint density at radius 2 is 0.714 bits per heavy atom. The molecule has 0 bridgehead atoms. The van der Waals surface area contributed by atoms with E-state index in [1.807, 2.05) is 0 Å². The van der Waals surface area contributed by atoms with Gasteiger partial charge in [0.15, 0.2) is 25.2 Å². The first-order valence-corrected chi connectivity index (χ1v) is 51.4. The summed E-state index contributed by atoms with van der Waals surface area (Å²) in [6, 6.07) is -9.38. The summed E-state index contributed by atoms with van der Waals surface area (Å²) in [5.74, 6) is -22.1. The Morgan fingerprint density at radius 1 is 0.367 bits per heavy atom. The summed E-state index contributed by atoms with van der Waals surface area (Å²) >= 11 is 0. The van der Waals surface area contributed by atoms with Crippen molar-refractivity contribution in [1.82, 2.24) is 26.6 Å². The summed E-state index contributed by atoms with van der Waals surface area (Å²) in [6.07, 6.45) is -48.1. The quantitative estimate of drug-likeness (QED) is 0.0199. The fraction of sp³-hybridized carbons (Fsp3) is 0.895. The average molecular weight is 2130 g/mol. The number of hydrogen-bond acceptors (Lipinski definition) is 44. The van der Waals surface area contributed by atoms with Gasteiger partial charge in [-0.3, -0.25) is 24.0 Å². The minimum atomic E-state index is -3.81. The van der Waals surface area contributed by atoms with Crippen LogP contribution in [-0.4, -0.2) is 472 Å². The molecule has 0 spiro atoms. The number of nitrogens with one attached hydrogen (secondary N) is 5. The number of hydrogen-bond donors (Lipinski definition) is 30. The van der Waals surface area contributed by atoms with Crippen molar-refractivity contribution in [3.05, 3.63) is 12.2 Å². The van der Waals surface area contributed by atoms with Gasteiger partial charge in [-0.2, -0.15) is 0 Å². The largest absolute Gasteiger partial charge is 0.477 e. The molecule has 5 amide bonds. The van der Waals surface area contributed by atoms with Gasteiger partial charge in [-0.15, -0.1) is 0 Å². The summed E-state index contributed by atoms with van der Waals surface area (Å²) in [4.78, 5) is 107. The number of unbranched alkanes of at least 4 members (excludes halogenated alkanes) is 25. The van der Waals surface area contributed by atoms with Crippen LogP contribution < -0.4 is 26.6 Å². The third kappa shape index (κ3) is 36.1. The predicted octanol–water partition coefficient (Wildman–Crippen LogP) is -6.69. The highest BCUT2D eigenvalue weighted by Crippen LogP contribution is 2.45. The molecule has 7 aliphatic heterocycles. The molecule has 7 saturated heterocycles. The van der Waals surface area contributed by atoms with Crippen LogP contribution in [-0.2, 0) is 105 Å². The van der Waals surface area contributed by atoms with Crippen LogP contribution in [0.2, 0.25) is 0 Å². The molecule has 0 aromatic rings. The molecule has 40 unspecified atom stereocenters. The zero-order chi connectivity index (χ0) is 109. The molecule has 0 aromatic carbocycles. The van der Waals surface area contributed by atoms with Gasteiger partial charge in [0.25, 0.3) is 17.4 Å². The molecule has 30 N–H and O–H groups in total. The number of carboxylic acids is 3. The first-order valence-electron chi connectivity index (χ1n) is 51.4. The van der Waals surface area contributed by atoms with Crippen LogP contribution >= 0.6 is 0 Å². The molecular formula is C95H165N5O47. The van der Waals surface area contributed by atoms with Crippen LogP contribution in [0.4, 0.5) is 0 Å². The van der Waals surface area contributed by atoms with E-state index >= 15 is 0 Å². The Hall–Kier alpha value is -5.94. The van der Waals surface area contributed by atoms with Crippen molar-refractivity contribution < 1.29 is 232 Å². The Kier molecular flexibility index (Phi) is 55.0. The Morgan fingerprint density at radius 3 is 1.13 bits per heavy atom. The zero-order valence-corrected chi connectivity index (χ0v) is 84.3. The van der Waals surface area contributed by atoms with E-state index in [9.17, 15) is 166 Å². The third-order valence-electron chi connectivity index (χ3n) is 27.6. The number of aliphatic hydroxyl groups is 22. The summed E-state index contributed by atoms with van der Waals surface area (Å²) in [6.45, 7) is -2.28. The van der Waals surface area contributed by atoms with Crippen LogP contribution in [0.25, 0.3) is 0 Å². The minimum absolute atomic E-state index is 0.0461. The standard InChI is InChI=1S/C95H165N5O47/c1-7-9-11-13-15-17-19-21-22-24-26-28-30-32-34-36-64(118)100-52(53(112)35-33-31-29-27-25-23-20-18-16-14-12-10-8-2)47-134-87-75(125)74(124)78(62(45-106)137-87)139-89-77(127)85(147-95(92(132)133)39-56(115)67(98-50(5)110)83(145-95)73(123)61(44-105)142-93(90(128)129)37-54(113)65(96-48(3)108)81(143-93)69(119)57(116)40-101)79(63(46-107)138-89)140-86-68(99-51(6)111)80(71(121)59(42-103)135-86)141-88-76(126)84(72(122)60(43-104)136-88)146-94(91(130)131)38-55(114)66(97-49(4)109)82(144-94)70(120)58(117)41-102/h33,35,52-63,65-89,101-107,112-117,119-127H,7-32,34,36-47H2,1-6H3,(H,96,108)(H,97,109)(H,98,110)(H,99,111)(H,100,118)(H,128,129)(H,130,131)(H,132,133)/b35-33+. The molecule has 0 aliphatic carbocycles. The second-order valence-corrected chi connectivity index (χ2v) is 39.2. The van der Waals surface area contributed by atoms with E-state index < -0.39 is 363 Å². The smallest absolute Gasteiger partial charge is 0.364 e. The maximum absolute atomic E-state index is 14.6. The highest BCUT2D eigenvalue weighted by atomic mass is 16.8. The lowest BCUT2D eigenvalue weighted by atomic mass is 9.87. The Bertz CT molecular complexity index is 3920. The van der Waals surface area contributed by atoms with E-state index in [1.54, 1.807) is 6.08 Å². The molecule has 0 saturated carbocycles. The number of ether oxygens (including phenoxy) is 14. The molecule has 0 aromatic heterocycles. The van der Waals surface area contributed by atoms with Crippen molar-refractivity contribution in [3.63, 3.8) is 0 Å². The van der Waals surface area contributed by atoms with E-state index in [1.165, 1.54) is 83.1 Å². The van der Waals surface area contributed by atoms with Crippen LogP contribution in [0.5, 0.6) is 0 Å². The molecule has 52 heteroatoms. The van der Waals surface area contributed by atoms with Crippen LogP contribution in [0.3, 0.4) is 0 Å². The van der Waals surface area contributed by atoms with Gasteiger partial charge in [-0.1, -0.05) is 180 Å². The minimum Gasteiger partial charge on any atom is -0.477 e. The molecule has 0 radical (unpaired) electrons. The summed E-state index contributed by atoms with van der Waals surface area (Å²) < 4.78 is 84.6. The van der Waals surface area contributed by atoms with Crippen molar-refractivity contribution in [1.29, 1.82) is 0 Å². The fourth-order valence-electron chi connectivity index (χ4n) is 19.5. The summed E-state index contributed by atoms with van der Waals surface area (Å²) in [5, 5.41) is 298. The second kappa shape index (κ2) is 63.2. The number of rotatable bonds is 66. The van der Waals surface area contributed by atoms with Crippen LogP contribution in [0, 0.1) is 0 Å². The number of aliphatic hydroxyl groups excluding tert-OH is 22. The predicted molar refractivity (Wildman–Crippen MR) is 501 cm³/mol. The van der Waals surface area contributed by atoms with Gasteiger partial charge in [0, 0.05) is 53.4 Å². The van der Waals surface area contributed by atoms with Crippen molar-refractivity contribution in [3.8, 4) is 0 Å². The molecule has 52 nitrogen and oxygen atoms in total.